The first-order chi connectivity index (χ1) is 23.1. The number of imidazole rings is 1. The smallest absolute Gasteiger partial charge is 0.308 e. The van der Waals surface area contributed by atoms with Crippen molar-refractivity contribution in [2.75, 3.05) is 18.5 Å². The number of fused-ring (bicyclic) bond motifs is 1. The van der Waals surface area contributed by atoms with Crippen LogP contribution < -0.4 is 10.1 Å². The van der Waals surface area contributed by atoms with E-state index in [0.717, 1.165) is 29.5 Å². The Hall–Kier alpha value is -3.61. The van der Waals surface area contributed by atoms with Crippen LogP contribution in [-0.2, 0) is 29.3 Å². The molecule has 0 bridgehead atoms. The van der Waals surface area contributed by atoms with Crippen LogP contribution in [0, 0.1) is 25.2 Å². The summed E-state index contributed by atoms with van der Waals surface area (Å²) in [6.45, 7) is 10.3. The molecule has 13 heteroatoms. The van der Waals surface area contributed by atoms with E-state index in [4.69, 9.17) is 25.8 Å². The number of rotatable bonds is 9. The molecule has 3 aromatic rings. The van der Waals surface area contributed by atoms with E-state index >= 15 is 0 Å². The molecule has 0 radical (unpaired) electrons. The van der Waals surface area contributed by atoms with E-state index < -0.39 is 41.7 Å². The van der Waals surface area contributed by atoms with Gasteiger partial charge in [-0.25, -0.2) is 4.98 Å². The zero-order valence-electron chi connectivity index (χ0n) is 29.1. The van der Waals surface area contributed by atoms with Crippen molar-refractivity contribution in [1.82, 2.24) is 19.5 Å². The number of aliphatic hydroxyl groups excluding tert-OH is 1. The Kier molecular flexibility index (Phi) is 9.53. The molecule has 1 spiro atoms. The van der Waals surface area contributed by atoms with Gasteiger partial charge in [0, 0.05) is 23.8 Å². The second kappa shape index (κ2) is 13.3. The van der Waals surface area contributed by atoms with Gasteiger partial charge in [0.2, 0.25) is 11.2 Å². The number of aliphatic hydroxyl groups is 1. The van der Waals surface area contributed by atoms with Gasteiger partial charge in [0.05, 0.1) is 32.0 Å². The van der Waals surface area contributed by atoms with E-state index in [1.54, 1.807) is 17.6 Å². The van der Waals surface area contributed by atoms with E-state index in [-0.39, 0.29) is 36.0 Å². The summed E-state index contributed by atoms with van der Waals surface area (Å²) in [6, 6.07) is 3.14. The van der Waals surface area contributed by atoms with E-state index in [2.05, 4.69) is 20.3 Å². The predicted octanol–water partition coefficient (Wildman–Crippen LogP) is 5.92. The summed E-state index contributed by atoms with van der Waals surface area (Å²) >= 11 is 6.39. The number of amides is 1. The van der Waals surface area contributed by atoms with E-state index in [1.165, 1.54) is 45.4 Å². The number of benzene rings is 1. The lowest BCUT2D eigenvalue weighted by Gasteiger charge is -2.49. The molecule has 1 saturated heterocycles. The molecule has 3 heterocycles. The summed E-state index contributed by atoms with van der Waals surface area (Å²) in [6.07, 6.45) is 8.42. The summed E-state index contributed by atoms with van der Waals surface area (Å²) in [5, 5.41) is 13.3. The Bertz CT molecular complexity index is 1780. The number of hydrogen-bond acceptors (Lipinski definition) is 10. The highest BCUT2D eigenvalue weighted by Crippen LogP contribution is 2.55. The van der Waals surface area contributed by atoms with Crippen LogP contribution in [0.2, 0.25) is 5.28 Å². The number of nitrogens with zero attached hydrogens (tertiary/aromatic N) is 4. The average molecular weight is 696 g/mol. The zero-order valence-corrected chi connectivity index (χ0v) is 29.9. The first-order valence-corrected chi connectivity index (χ1v) is 17.5. The highest BCUT2D eigenvalue weighted by Gasteiger charge is 2.51. The molecule has 1 aliphatic heterocycles. The van der Waals surface area contributed by atoms with Crippen LogP contribution in [0.5, 0.6) is 5.75 Å². The van der Waals surface area contributed by atoms with Crippen LogP contribution in [0.25, 0.3) is 11.2 Å². The molecule has 3 atom stereocenters. The molecule has 3 aliphatic rings. The fraction of sp³-hybridized carbons (Fsp3) is 0.611. The fourth-order valence-corrected chi connectivity index (χ4v) is 8.57. The molecule has 3 fully saturated rings. The van der Waals surface area contributed by atoms with Crippen molar-refractivity contribution in [3.05, 3.63) is 40.4 Å². The maximum Gasteiger partial charge on any atom is 0.308 e. The Balaban J connectivity index is 1.23. The molecule has 264 valence electrons. The number of hydrogen-bond donors (Lipinski definition) is 2. The fourth-order valence-electron chi connectivity index (χ4n) is 8.40. The lowest BCUT2D eigenvalue weighted by molar-refractivity contribution is -0.163. The highest BCUT2D eigenvalue weighted by molar-refractivity contribution is 6.28. The minimum Gasteiger partial charge on any atom is -0.457 e. The minimum atomic E-state index is -1.23. The van der Waals surface area contributed by atoms with Gasteiger partial charge in [0.25, 0.3) is 0 Å². The Morgan fingerprint density at radius 2 is 1.86 bits per heavy atom. The standard InChI is InChI=1S/C36H46ClN5O7/c1-20-12-21(2)27(25(13-20)48-22(3)44)34(4,5)16-26(45)49-29-24(17-47-35(29,6)18-43)42-19-38-28-30(40-33(37)41-31(28)42)39-32(46)23-14-36(15-23)10-8-7-9-11-36/h12-13,19,23-24,29,43H,7-11,14-18H2,1-6H3,(H,39,40,41,46)/t24?,29-,35+/m0/s1. The highest BCUT2D eigenvalue weighted by atomic mass is 35.5. The van der Waals surface area contributed by atoms with Crippen molar-refractivity contribution in [3.63, 3.8) is 0 Å². The summed E-state index contributed by atoms with van der Waals surface area (Å²) in [5.41, 5.74) is 1.52. The SMILES string of the molecule is CC(=O)Oc1cc(C)cc(C)c1C(C)(C)CC(=O)O[C@H]1C(n2cnc3c(NC(=O)C4CC5(CCCCC5)C4)nc(Cl)nc32)CO[C@]1(C)CO. The van der Waals surface area contributed by atoms with E-state index in [0.29, 0.717) is 22.3 Å². The number of halogens is 1. The normalized spacial score (nSPS) is 23.8. The second-order valence-electron chi connectivity index (χ2n) is 15.2. The predicted molar refractivity (Wildman–Crippen MR) is 182 cm³/mol. The molecule has 12 nitrogen and oxygen atoms in total. The molecule has 2 saturated carbocycles. The molecular formula is C36H46ClN5O7. The lowest BCUT2D eigenvalue weighted by Crippen LogP contribution is -2.45. The monoisotopic (exact) mass is 695 g/mol. The quantitative estimate of drug-likeness (QED) is 0.157. The van der Waals surface area contributed by atoms with E-state index in [9.17, 15) is 19.5 Å². The largest absolute Gasteiger partial charge is 0.457 e. The second-order valence-corrected chi connectivity index (χ2v) is 15.5. The molecule has 2 N–H and O–H groups in total. The van der Waals surface area contributed by atoms with Gasteiger partial charge in [-0.2, -0.15) is 9.97 Å². The van der Waals surface area contributed by atoms with Gasteiger partial charge >= 0.3 is 11.9 Å². The van der Waals surface area contributed by atoms with Gasteiger partial charge in [-0.3, -0.25) is 14.4 Å². The summed E-state index contributed by atoms with van der Waals surface area (Å²) in [7, 11) is 0. The molecule has 2 aliphatic carbocycles. The average Bonchev–Trinajstić information content (AvgIpc) is 3.55. The third-order valence-electron chi connectivity index (χ3n) is 10.7. The molecule has 1 unspecified atom stereocenters. The van der Waals surface area contributed by atoms with Crippen LogP contribution in [0.3, 0.4) is 0 Å². The first-order valence-electron chi connectivity index (χ1n) is 17.1. The van der Waals surface area contributed by atoms with Gasteiger partial charge in [0.15, 0.2) is 23.1 Å². The van der Waals surface area contributed by atoms with Crippen molar-refractivity contribution in [2.45, 2.75) is 116 Å². The Morgan fingerprint density at radius 1 is 1.14 bits per heavy atom. The van der Waals surface area contributed by atoms with Gasteiger partial charge in [-0.05, 0) is 80.7 Å². The van der Waals surface area contributed by atoms with Crippen molar-refractivity contribution >= 4 is 46.4 Å². The first kappa shape index (κ1) is 35.2. The molecule has 2 aromatic heterocycles. The zero-order chi connectivity index (χ0) is 35.3. The number of anilines is 1. The Labute approximate surface area is 291 Å². The summed E-state index contributed by atoms with van der Waals surface area (Å²) in [5.74, 6) is -0.544. The van der Waals surface area contributed by atoms with Gasteiger partial charge in [-0.15, -0.1) is 0 Å². The van der Waals surface area contributed by atoms with Crippen LogP contribution in [0.4, 0.5) is 5.82 Å². The number of carbonyl (C=O) groups is 3. The minimum absolute atomic E-state index is 0.0484. The molecule has 1 amide bonds. The van der Waals surface area contributed by atoms with Crippen LogP contribution in [-0.4, -0.2) is 67.4 Å². The van der Waals surface area contributed by atoms with Gasteiger partial charge in [-0.1, -0.05) is 39.2 Å². The molecule has 1 aromatic carbocycles. The molecule has 49 heavy (non-hydrogen) atoms. The van der Waals surface area contributed by atoms with Crippen molar-refractivity contribution in [3.8, 4) is 5.75 Å². The third-order valence-corrected chi connectivity index (χ3v) is 10.9. The Morgan fingerprint density at radius 3 is 2.53 bits per heavy atom. The van der Waals surface area contributed by atoms with Crippen LogP contribution in [0.1, 0.15) is 102 Å². The number of nitrogens with one attached hydrogen (secondary N) is 1. The van der Waals surface area contributed by atoms with Crippen molar-refractivity contribution in [1.29, 1.82) is 0 Å². The molecule has 6 rings (SSSR count). The molecular weight excluding hydrogens is 650 g/mol. The van der Waals surface area contributed by atoms with Gasteiger partial charge < -0.3 is 29.2 Å². The number of esters is 2. The summed E-state index contributed by atoms with van der Waals surface area (Å²) < 4.78 is 19.5. The number of aryl methyl sites for hydroxylation is 2. The third kappa shape index (κ3) is 6.92. The number of ether oxygens (including phenoxy) is 3. The number of carbonyl (C=O) groups excluding carboxylic acids is 3. The van der Waals surface area contributed by atoms with Crippen molar-refractivity contribution in [2.24, 2.45) is 11.3 Å². The summed E-state index contributed by atoms with van der Waals surface area (Å²) in [4.78, 5) is 52.2. The van der Waals surface area contributed by atoms with Crippen LogP contribution >= 0.6 is 11.6 Å². The van der Waals surface area contributed by atoms with Gasteiger partial charge in [0.1, 0.15) is 11.4 Å². The maximum atomic E-state index is 13.7. The number of aromatic nitrogens is 4. The van der Waals surface area contributed by atoms with E-state index in [1.807, 2.05) is 33.8 Å². The van der Waals surface area contributed by atoms with Crippen molar-refractivity contribution < 1.29 is 33.7 Å². The topological polar surface area (TPSA) is 155 Å². The van der Waals surface area contributed by atoms with Crippen LogP contribution in [0.15, 0.2) is 18.5 Å². The maximum absolute atomic E-state index is 13.7. The lowest BCUT2D eigenvalue weighted by atomic mass is 9.55.